The standard InChI is InChI=1S/C10H19F3N4O2/c1-3-15-9(19)16-8(18)7(2)17(5-4-14)6-10(11,12)13/h7H,3-6,14H2,1-2H3,(H2,15,16,18,19). The van der Waals surface area contributed by atoms with Gasteiger partial charge in [-0.15, -0.1) is 0 Å². The van der Waals surface area contributed by atoms with Crippen molar-refractivity contribution in [2.75, 3.05) is 26.2 Å². The zero-order valence-electron chi connectivity index (χ0n) is 10.9. The minimum absolute atomic E-state index is 0.0190. The Kier molecular flexibility index (Phi) is 7.38. The van der Waals surface area contributed by atoms with E-state index in [2.05, 4.69) is 5.32 Å². The van der Waals surface area contributed by atoms with Crippen molar-refractivity contribution < 1.29 is 22.8 Å². The van der Waals surface area contributed by atoms with Crippen molar-refractivity contribution in [2.24, 2.45) is 5.73 Å². The minimum atomic E-state index is -4.44. The van der Waals surface area contributed by atoms with Crippen LogP contribution in [0.25, 0.3) is 0 Å². The molecule has 1 unspecified atom stereocenters. The molecule has 0 aliphatic heterocycles. The number of carbonyl (C=O) groups excluding carboxylic acids is 2. The Hall–Kier alpha value is -1.35. The summed E-state index contributed by atoms with van der Waals surface area (Å²) in [4.78, 5) is 23.6. The van der Waals surface area contributed by atoms with Gasteiger partial charge >= 0.3 is 12.2 Å². The SMILES string of the molecule is CCNC(=O)NC(=O)C(C)N(CCN)CC(F)(F)F. The van der Waals surface area contributed by atoms with E-state index in [1.165, 1.54) is 6.92 Å². The van der Waals surface area contributed by atoms with Gasteiger partial charge in [0.15, 0.2) is 0 Å². The van der Waals surface area contributed by atoms with Crippen molar-refractivity contribution >= 4 is 11.9 Å². The summed E-state index contributed by atoms with van der Waals surface area (Å²) in [7, 11) is 0. The Morgan fingerprint density at radius 1 is 1.37 bits per heavy atom. The zero-order valence-corrected chi connectivity index (χ0v) is 10.9. The normalized spacial score (nSPS) is 13.2. The summed E-state index contributed by atoms with van der Waals surface area (Å²) >= 11 is 0. The van der Waals surface area contributed by atoms with Gasteiger partial charge in [-0.2, -0.15) is 13.2 Å². The van der Waals surface area contributed by atoms with Crippen molar-refractivity contribution in [3.63, 3.8) is 0 Å². The number of nitrogens with zero attached hydrogens (tertiary/aromatic N) is 1. The second-order valence-corrected chi connectivity index (χ2v) is 3.90. The molecule has 0 aliphatic rings. The number of imide groups is 1. The van der Waals surface area contributed by atoms with Crippen LogP contribution in [0.15, 0.2) is 0 Å². The van der Waals surface area contributed by atoms with Gasteiger partial charge in [-0.3, -0.25) is 15.0 Å². The molecule has 6 nitrogen and oxygen atoms in total. The van der Waals surface area contributed by atoms with Crippen molar-refractivity contribution in [1.29, 1.82) is 0 Å². The summed E-state index contributed by atoms with van der Waals surface area (Å²) in [6, 6.07) is -1.84. The number of rotatable bonds is 6. The zero-order chi connectivity index (χ0) is 15.1. The maximum Gasteiger partial charge on any atom is 0.401 e. The predicted octanol–water partition coefficient (Wildman–Crippen LogP) is 0.0436. The van der Waals surface area contributed by atoms with Crippen molar-refractivity contribution in [3.05, 3.63) is 0 Å². The van der Waals surface area contributed by atoms with Crippen LogP contribution in [0.4, 0.5) is 18.0 Å². The Morgan fingerprint density at radius 2 is 1.95 bits per heavy atom. The predicted molar refractivity (Wildman–Crippen MR) is 63.4 cm³/mol. The molecule has 0 bridgehead atoms. The number of urea groups is 1. The molecule has 0 saturated heterocycles. The van der Waals surface area contributed by atoms with Gasteiger partial charge in [-0.05, 0) is 13.8 Å². The van der Waals surface area contributed by atoms with Crippen LogP contribution in [0.2, 0.25) is 0 Å². The Morgan fingerprint density at radius 3 is 2.37 bits per heavy atom. The molecular weight excluding hydrogens is 265 g/mol. The fraction of sp³-hybridized carbons (Fsp3) is 0.800. The van der Waals surface area contributed by atoms with Crippen molar-refractivity contribution in [3.8, 4) is 0 Å². The highest BCUT2D eigenvalue weighted by Crippen LogP contribution is 2.17. The van der Waals surface area contributed by atoms with Crippen LogP contribution in [-0.4, -0.2) is 55.2 Å². The molecule has 0 radical (unpaired) electrons. The van der Waals surface area contributed by atoms with Crippen LogP contribution in [-0.2, 0) is 4.79 Å². The van der Waals surface area contributed by atoms with E-state index >= 15 is 0 Å². The number of hydrogen-bond acceptors (Lipinski definition) is 4. The monoisotopic (exact) mass is 284 g/mol. The van der Waals surface area contributed by atoms with E-state index in [4.69, 9.17) is 5.73 Å². The summed E-state index contributed by atoms with van der Waals surface area (Å²) in [6.07, 6.45) is -4.44. The first-order valence-electron chi connectivity index (χ1n) is 5.80. The number of carbonyl (C=O) groups is 2. The molecule has 0 saturated carbocycles. The first-order valence-corrected chi connectivity index (χ1v) is 5.80. The lowest BCUT2D eigenvalue weighted by Gasteiger charge is -2.28. The number of hydrogen-bond donors (Lipinski definition) is 3. The lowest BCUT2D eigenvalue weighted by Crippen LogP contribution is -2.52. The molecule has 4 N–H and O–H groups in total. The van der Waals surface area contributed by atoms with E-state index in [1.54, 1.807) is 6.92 Å². The second kappa shape index (κ2) is 7.95. The van der Waals surface area contributed by atoms with Gasteiger partial charge in [-0.25, -0.2) is 4.79 Å². The molecule has 0 heterocycles. The lowest BCUT2D eigenvalue weighted by molar-refractivity contribution is -0.153. The Balaban J connectivity index is 4.56. The second-order valence-electron chi connectivity index (χ2n) is 3.90. The molecule has 0 spiro atoms. The summed E-state index contributed by atoms with van der Waals surface area (Å²) in [5, 5.41) is 4.28. The fourth-order valence-electron chi connectivity index (χ4n) is 1.39. The molecule has 0 aromatic heterocycles. The van der Waals surface area contributed by atoms with E-state index in [0.717, 1.165) is 4.90 Å². The van der Waals surface area contributed by atoms with Crippen LogP contribution in [0.3, 0.4) is 0 Å². The molecular formula is C10H19F3N4O2. The molecule has 0 rings (SSSR count). The minimum Gasteiger partial charge on any atom is -0.338 e. The average molecular weight is 284 g/mol. The molecule has 0 aromatic rings. The third kappa shape index (κ3) is 7.62. The third-order valence-electron chi connectivity index (χ3n) is 2.30. The molecule has 112 valence electrons. The molecule has 0 aromatic carbocycles. The van der Waals surface area contributed by atoms with Gasteiger partial charge in [0, 0.05) is 19.6 Å². The maximum absolute atomic E-state index is 12.3. The van der Waals surface area contributed by atoms with Crippen molar-refractivity contribution in [2.45, 2.75) is 26.1 Å². The number of amides is 3. The third-order valence-corrected chi connectivity index (χ3v) is 2.30. The lowest BCUT2D eigenvalue weighted by atomic mass is 10.2. The topological polar surface area (TPSA) is 87.5 Å². The highest BCUT2D eigenvalue weighted by Gasteiger charge is 2.34. The molecule has 3 amide bonds. The number of nitrogens with one attached hydrogen (secondary N) is 2. The van der Waals surface area contributed by atoms with Crippen molar-refractivity contribution in [1.82, 2.24) is 15.5 Å². The highest BCUT2D eigenvalue weighted by molar-refractivity contribution is 5.96. The molecule has 0 aliphatic carbocycles. The smallest absolute Gasteiger partial charge is 0.338 e. The van der Waals surface area contributed by atoms with Crippen LogP contribution < -0.4 is 16.4 Å². The van der Waals surface area contributed by atoms with Gasteiger partial charge in [0.25, 0.3) is 0 Å². The summed E-state index contributed by atoms with van der Waals surface area (Å²) in [5.74, 6) is -0.802. The fourth-order valence-corrected chi connectivity index (χ4v) is 1.39. The summed E-state index contributed by atoms with van der Waals surface area (Å²) in [5.41, 5.74) is 5.22. The number of halogens is 3. The van der Waals surface area contributed by atoms with Crippen LogP contribution in [0, 0.1) is 0 Å². The van der Waals surface area contributed by atoms with Crippen LogP contribution in [0.5, 0.6) is 0 Å². The molecule has 1 atom stereocenters. The van der Waals surface area contributed by atoms with Gasteiger partial charge < -0.3 is 11.1 Å². The Bertz CT molecular complexity index is 310. The quantitative estimate of drug-likeness (QED) is 0.643. The van der Waals surface area contributed by atoms with Gasteiger partial charge in [0.1, 0.15) is 0 Å². The largest absolute Gasteiger partial charge is 0.401 e. The Labute approximate surface area is 109 Å². The van der Waals surface area contributed by atoms with E-state index in [9.17, 15) is 22.8 Å². The summed E-state index contributed by atoms with van der Waals surface area (Å²) < 4.78 is 37.0. The van der Waals surface area contributed by atoms with E-state index in [0.29, 0.717) is 6.54 Å². The van der Waals surface area contributed by atoms with Gasteiger partial charge in [-0.1, -0.05) is 0 Å². The van der Waals surface area contributed by atoms with Gasteiger partial charge in [0.2, 0.25) is 5.91 Å². The first-order chi connectivity index (χ1) is 8.71. The maximum atomic E-state index is 12.3. The molecule has 0 fully saturated rings. The molecule has 19 heavy (non-hydrogen) atoms. The number of alkyl halides is 3. The average Bonchev–Trinajstić information content (AvgIpc) is 2.25. The highest BCUT2D eigenvalue weighted by atomic mass is 19.4. The van der Waals surface area contributed by atoms with Crippen LogP contribution in [0.1, 0.15) is 13.8 Å². The van der Waals surface area contributed by atoms with E-state index < -0.39 is 30.7 Å². The van der Waals surface area contributed by atoms with E-state index in [-0.39, 0.29) is 13.1 Å². The van der Waals surface area contributed by atoms with E-state index in [1.807, 2.05) is 5.32 Å². The van der Waals surface area contributed by atoms with Crippen LogP contribution >= 0.6 is 0 Å². The first kappa shape index (κ1) is 17.6. The number of nitrogens with two attached hydrogens (primary N) is 1. The molecule has 9 heteroatoms. The van der Waals surface area contributed by atoms with Gasteiger partial charge in [0.05, 0.1) is 12.6 Å². The summed E-state index contributed by atoms with van der Waals surface area (Å²) in [6.45, 7) is 1.88.